The van der Waals surface area contributed by atoms with Gasteiger partial charge < -0.3 is 4.74 Å². The van der Waals surface area contributed by atoms with E-state index in [1.54, 1.807) is 0 Å². The Labute approximate surface area is 135 Å². The maximum atomic E-state index is 12.3. The zero-order chi connectivity index (χ0) is 16.4. The van der Waals surface area contributed by atoms with Crippen LogP contribution in [-0.2, 0) is 14.4 Å². The van der Waals surface area contributed by atoms with Crippen molar-refractivity contribution >= 4 is 23.4 Å². The normalized spacial score (nSPS) is 23.8. The lowest BCUT2D eigenvalue weighted by Crippen LogP contribution is -2.39. The summed E-state index contributed by atoms with van der Waals surface area (Å²) in [5.74, 6) is -1.03. The number of para-hydroxylation sites is 1. The number of hydrogen-bond acceptors (Lipinski definition) is 4. The molecule has 4 nitrogen and oxygen atoms in total. The Morgan fingerprint density at radius 2 is 1.87 bits per heavy atom. The van der Waals surface area contributed by atoms with Gasteiger partial charge in [-0.25, -0.2) is 0 Å². The molecule has 0 spiro atoms. The third kappa shape index (κ3) is 3.11. The lowest BCUT2D eigenvalue weighted by Gasteiger charge is -2.29. The summed E-state index contributed by atoms with van der Waals surface area (Å²) in [6, 6.07) is 7.70. The van der Waals surface area contributed by atoms with Crippen LogP contribution in [-0.4, -0.2) is 24.0 Å². The standard InChI is InChI=1S/C19H20O4/c1-2-5-15(20)19-16(21)9-13(10-17(19)22)14-8-12-6-3-4-7-18(12)23-11-14/h3-4,6-8,13,19H,2,5,9-11H2,1H3. The van der Waals surface area contributed by atoms with Crippen LogP contribution >= 0.6 is 0 Å². The molecule has 4 heteroatoms. The molecule has 3 rings (SSSR count). The Morgan fingerprint density at radius 1 is 1.17 bits per heavy atom. The first-order valence-electron chi connectivity index (χ1n) is 8.10. The van der Waals surface area contributed by atoms with Crippen molar-refractivity contribution in [1.29, 1.82) is 0 Å². The highest BCUT2D eigenvalue weighted by molar-refractivity contribution is 6.20. The van der Waals surface area contributed by atoms with E-state index in [4.69, 9.17) is 4.74 Å². The molecule has 0 atom stereocenters. The van der Waals surface area contributed by atoms with Crippen molar-refractivity contribution in [1.82, 2.24) is 0 Å². The first-order valence-corrected chi connectivity index (χ1v) is 8.10. The van der Waals surface area contributed by atoms with Crippen LogP contribution in [0, 0.1) is 11.8 Å². The maximum absolute atomic E-state index is 12.3. The van der Waals surface area contributed by atoms with E-state index in [0.29, 0.717) is 19.4 Å². The smallest absolute Gasteiger partial charge is 0.151 e. The van der Waals surface area contributed by atoms with Gasteiger partial charge in [-0.2, -0.15) is 0 Å². The summed E-state index contributed by atoms with van der Waals surface area (Å²) in [5, 5.41) is 0. The minimum absolute atomic E-state index is 0.144. The zero-order valence-corrected chi connectivity index (χ0v) is 13.2. The molecule has 1 aromatic carbocycles. The predicted octanol–water partition coefficient (Wildman–Crippen LogP) is 3.00. The van der Waals surface area contributed by atoms with Gasteiger partial charge in [0.25, 0.3) is 0 Å². The molecule has 0 amide bonds. The summed E-state index contributed by atoms with van der Waals surface area (Å²) in [4.78, 5) is 36.6. The highest BCUT2D eigenvalue weighted by Gasteiger charge is 2.40. The van der Waals surface area contributed by atoms with Gasteiger partial charge in [0.2, 0.25) is 0 Å². The second-order valence-electron chi connectivity index (χ2n) is 6.23. The van der Waals surface area contributed by atoms with Gasteiger partial charge in [0.1, 0.15) is 18.3 Å². The number of ketones is 3. The van der Waals surface area contributed by atoms with Crippen molar-refractivity contribution in [3.8, 4) is 5.75 Å². The van der Waals surface area contributed by atoms with Crippen LogP contribution < -0.4 is 4.74 Å². The average Bonchev–Trinajstić information content (AvgIpc) is 2.54. The SMILES string of the molecule is CCCC(=O)C1C(=O)CC(C2=Cc3ccccc3OC2)CC1=O. The largest absolute Gasteiger partial charge is 0.489 e. The van der Waals surface area contributed by atoms with Crippen LogP contribution in [0.5, 0.6) is 5.75 Å². The summed E-state index contributed by atoms with van der Waals surface area (Å²) >= 11 is 0. The molecule has 1 saturated carbocycles. The average molecular weight is 312 g/mol. The second-order valence-corrected chi connectivity index (χ2v) is 6.23. The van der Waals surface area contributed by atoms with Crippen molar-refractivity contribution in [2.75, 3.05) is 6.61 Å². The fourth-order valence-corrected chi connectivity index (χ4v) is 3.35. The number of rotatable bonds is 4. The Bertz CT molecular complexity index is 668. The quantitative estimate of drug-likeness (QED) is 0.802. The van der Waals surface area contributed by atoms with E-state index in [2.05, 4.69) is 0 Å². The fraction of sp³-hybridized carbons (Fsp3) is 0.421. The van der Waals surface area contributed by atoms with Crippen molar-refractivity contribution in [2.45, 2.75) is 32.6 Å². The fourth-order valence-electron chi connectivity index (χ4n) is 3.35. The van der Waals surface area contributed by atoms with Crippen LogP contribution in [0.2, 0.25) is 0 Å². The van der Waals surface area contributed by atoms with Crippen LogP contribution in [0.4, 0.5) is 0 Å². The molecular weight excluding hydrogens is 292 g/mol. The summed E-state index contributed by atoms with van der Waals surface area (Å²) in [5.41, 5.74) is 1.93. The summed E-state index contributed by atoms with van der Waals surface area (Å²) in [6.45, 7) is 2.27. The molecule has 0 radical (unpaired) electrons. The van der Waals surface area contributed by atoms with E-state index in [1.165, 1.54) is 0 Å². The number of carbonyl (C=O) groups excluding carboxylic acids is 3. The minimum Gasteiger partial charge on any atom is -0.489 e. The van der Waals surface area contributed by atoms with Crippen molar-refractivity contribution < 1.29 is 19.1 Å². The highest BCUT2D eigenvalue weighted by atomic mass is 16.5. The van der Waals surface area contributed by atoms with Crippen LogP contribution in [0.15, 0.2) is 29.8 Å². The first kappa shape index (κ1) is 15.7. The van der Waals surface area contributed by atoms with E-state index in [9.17, 15) is 14.4 Å². The van der Waals surface area contributed by atoms with Gasteiger partial charge >= 0.3 is 0 Å². The molecule has 120 valence electrons. The molecule has 1 aliphatic carbocycles. The number of benzene rings is 1. The molecule has 0 bridgehead atoms. The molecule has 0 unspecified atom stereocenters. The molecule has 0 saturated heterocycles. The number of Topliss-reactive ketones (excluding diaryl/α,β-unsaturated/α-hetero) is 3. The Kier molecular flexibility index (Phi) is 4.42. The Morgan fingerprint density at radius 3 is 2.57 bits per heavy atom. The molecule has 2 aliphatic rings. The number of ether oxygens (including phenoxy) is 1. The lowest BCUT2D eigenvalue weighted by molar-refractivity contribution is -0.143. The van der Waals surface area contributed by atoms with Crippen molar-refractivity contribution in [3.63, 3.8) is 0 Å². The van der Waals surface area contributed by atoms with Gasteiger partial charge in [0.15, 0.2) is 17.3 Å². The van der Waals surface area contributed by atoms with Gasteiger partial charge in [-0.05, 0) is 30.1 Å². The Balaban J connectivity index is 1.77. The Hall–Kier alpha value is -2.23. The first-order chi connectivity index (χ1) is 11.1. The predicted molar refractivity (Wildman–Crippen MR) is 86.1 cm³/mol. The number of fused-ring (bicyclic) bond motifs is 1. The molecule has 23 heavy (non-hydrogen) atoms. The minimum atomic E-state index is -1.02. The van der Waals surface area contributed by atoms with Gasteiger partial charge in [-0.15, -0.1) is 0 Å². The molecule has 1 heterocycles. The molecule has 1 aromatic rings. The molecular formula is C19H20O4. The van der Waals surface area contributed by atoms with E-state index in [-0.39, 0.29) is 36.1 Å². The molecule has 0 aromatic heterocycles. The van der Waals surface area contributed by atoms with Gasteiger partial charge in [0, 0.05) is 24.8 Å². The van der Waals surface area contributed by atoms with Crippen LogP contribution in [0.1, 0.15) is 38.2 Å². The third-order valence-corrected chi connectivity index (χ3v) is 4.54. The van der Waals surface area contributed by atoms with Crippen molar-refractivity contribution in [3.05, 3.63) is 35.4 Å². The van der Waals surface area contributed by atoms with Gasteiger partial charge in [0.05, 0.1) is 0 Å². The zero-order valence-electron chi connectivity index (χ0n) is 13.2. The number of carbonyl (C=O) groups is 3. The van der Waals surface area contributed by atoms with Gasteiger partial charge in [-0.1, -0.05) is 25.1 Å². The monoisotopic (exact) mass is 312 g/mol. The highest BCUT2D eigenvalue weighted by Crippen LogP contribution is 2.35. The third-order valence-electron chi connectivity index (χ3n) is 4.54. The van der Waals surface area contributed by atoms with E-state index in [0.717, 1.165) is 16.9 Å². The summed E-state index contributed by atoms with van der Waals surface area (Å²) in [7, 11) is 0. The van der Waals surface area contributed by atoms with Crippen molar-refractivity contribution in [2.24, 2.45) is 11.8 Å². The topological polar surface area (TPSA) is 60.4 Å². The van der Waals surface area contributed by atoms with E-state index < -0.39 is 5.92 Å². The molecule has 0 N–H and O–H groups in total. The van der Waals surface area contributed by atoms with E-state index in [1.807, 2.05) is 37.3 Å². The van der Waals surface area contributed by atoms with Crippen LogP contribution in [0.3, 0.4) is 0 Å². The summed E-state index contributed by atoms with van der Waals surface area (Å²) in [6.07, 6.45) is 3.48. The van der Waals surface area contributed by atoms with Crippen LogP contribution in [0.25, 0.3) is 6.08 Å². The second kappa shape index (κ2) is 6.49. The maximum Gasteiger partial charge on any atom is 0.151 e. The van der Waals surface area contributed by atoms with E-state index >= 15 is 0 Å². The molecule has 1 aliphatic heterocycles. The molecule has 1 fully saturated rings. The number of hydrogen-bond donors (Lipinski definition) is 0. The summed E-state index contributed by atoms with van der Waals surface area (Å²) < 4.78 is 5.71. The van der Waals surface area contributed by atoms with Gasteiger partial charge in [-0.3, -0.25) is 14.4 Å². The lowest BCUT2D eigenvalue weighted by atomic mass is 9.74.